The summed E-state index contributed by atoms with van der Waals surface area (Å²) >= 11 is 0. The van der Waals surface area contributed by atoms with E-state index in [4.69, 9.17) is 0 Å². The maximum atomic E-state index is 13.5. The number of nitrogens with zero attached hydrogens (tertiary/aromatic N) is 4. The Morgan fingerprint density at radius 1 is 1.06 bits per heavy atom. The van der Waals surface area contributed by atoms with E-state index in [1.165, 1.54) is 0 Å². The average molecular weight is 504 g/mol. The van der Waals surface area contributed by atoms with Gasteiger partial charge < -0.3 is 10.2 Å². The molecule has 1 aliphatic heterocycles. The molecule has 1 amide bonds. The quantitative estimate of drug-likeness (QED) is 0.625. The van der Waals surface area contributed by atoms with Crippen molar-refractivity contribution < 1.29 is 18.0 Å². The number of aromatic nitrogens is 2. The lowest BCUT2D eigenvalue weighted by molar-refractivity contribution is -0.141. The number of benzene rings is 1. The number of alkyl halides is 3. The molecule has 0 radical (unpaired) electrons. The van der Waals surface area contributed by atoms with Crippen LogP contribution in [0.2, 0.25) is 0 Å². The highest BCUT2D eigenvalue weighted by atomic mass is 19.4. The van der Waals surface area contributed by atoms with Crippen LogP contribution >= 0.6 is 0 Å². The number of rotatable bonds is 6. The van der Waals surface area contributed by atoms with E-state index in [0.717, 1.165) is 48.8 Å². The number of piperazine rings is 1. The SMILES string of the molecule is Cc1cccc(C(=O)NCC2CC2CN2CCN(c3cc(C(F)(F)F)nc(C(C)(C)C)n3)CC2)c1C. The summed E-state index contributed by atoms with van der Waals surface area (Å²) in [7, 11) is 0. The van der Waals surface area contributed by atoms with Crippen LogP contribution in [0.5, 0.6) is 0 Å². The molecule has 1 aromatic heterocycles. The minimum Gasteiger partial charge on any atom is -0.354 e. The minimum absolute atomic E-state index is 0.0202. The Balaban J connectivity index is 1.28. The van der Waals surface area contributed by atoms with Gasteiger partial charge in [0.1, 0.15) is 17.3 Å². The topological polar surface area (TPSA) is 61.4 Å². The van der Waals surface area contributed by atoms with Crippen LogP contribution in [0.3, 0.4) is 0 Å². The summed E-state index contributed by atoms with van der Waals surface area (Å²) in [5.41, 5.74) is 1.39. The zero-order valence-corrected chi connectivity index (χ0v) is 21.7. The van der Waals surface area contributed by atoms with Crippen LogP contribution in [-0.2, 0) is 11.6 Å². The first kappa shape index (κ1) is 26.4. The lowest BCUT2D eigenvalue weighted by Crippen LogP contribution is -2.47. The highest BCUT2D eigenvalue weighted by molar-refractivity contribution is 5.95. The lowest BCUT2D eigenvalue weighted by atomic mass is 9.95. The standard InChI is InChI=1S/C27H36F3N5O/c1-17-7-6-8-21(18(17)2)24(36)31-15-19-13-20(19)16-34-9-11-35(12-10-34)23-14-22(27(28,29)30)32-25(33-23)26(3,4)5/h6-8,14,19-20H,9-13,15-16H2,1-5H3,(H,31,36). The van der Waals surface area contributed by atoms with Crippen molar-refractivity contribution in [1.29, 1.82) is 0 Å². The molecule has 2 aliphatic rings. The van der Waals surface area contributed by atoms with Gasteiger partial charge in [0.25, 0.3) is 5.91 Å². The number of aryl methyl sites for hydroxylation is 1. The van der Waals surface area contributed by atoms with Gasteiger partial charge in [-0.25, -0.2) is 9.97 Å². The Morgan fingerprint density at radius 3 is 2.39 bits per heavy atom. The van der Waals surface area contributed by atoms with Gasteiger partial charge in [0.05, 0.1) is 0 Å². The van der Waals surface area contributed by atoms with Gasteiger partial charge in [0.15, 0.2) is 0 Å². The number of nitrogens with one attached hydrogen (secondary N) is 1. The Labute approximate surface area is 211 Å². The van der Waals surface area contributed by atoms with Gasteiger partial charge in [-0.2, -0.15) is 13.2 Å². The van der Waals surface area contributed by atoms with Crippen molar-refractivity contribution in [2.24, 2.45) is 11.8 Å². The fourth-order valence-electron chi connectivity index (χ4n) is 4.67. The van der Waals surface area contributed by atoms with Crippen molar-refractivity contribution in [2.75, 3.05) is 44.2 Å². The zero-order valence-electron chi connectivity index (χ0n) is 21.7. The molecule has 0 spiro atoms. The first-order chi connectivity index (χ1) is 16.8. The maximum Gasteiger partial charge on any atom is 0.433 e. The maximum absolute atomic E-state index is 13.5. The van der Waals surface area contributed by atoms with Gasteiger partial charge in [-0.15, -0.1) is 0 Å². The van der Waals surface area contributed by atoms with Gasteiger partial charge in [-0.3, -0.25) is 9.69 Å². The molecule has 196 valence electrons. The summed E-state index contributed by atoms with van der Waals surface area (Å²) in [6, 6.07) is 6.85. The van der Waals surface area contributed by atoms with Crippen LogP contribution in [-0.4, -0.2) is 60.0 Å². The first-order valence-corrected chi connectivity index (χ1v) is 12.6. The third kappa shape index (κ3) is 6.17. The van der Waals surface area contributed by atoms with Crippen LogP contribution in [0.25, 0.3) is 0 Å². The molecule has 0 bridgehead atoms. The summed E-state index contributed by atoms with van der Waals surface area (Å²) in [5.74, 6) is 1.55. The average Bonchev–Trinajstić information content (AvgIpc) is 3.56. The molecule has 2 aromatic rings. The van der Waals surface area contributed by atoms with Crippen LogP contribution in [0.15, 0.2) is 24.3 Å². The van der Waals surface area contributed by atoms with E-state index in [-0.39, 0.29) is 11.7 Å². The van der Waals surface area contributed by atoms with Crippen LogP contribution < -0.4 is 10.2 Å². The molecule has 2 fully saturated rings. The Hall–Kier alpha value is -2.68. The summed E-state index contributed by atoms with van der Waals surface area (Å²) in [4.78, 5) is 25.2. The fraction of sp³-hybridized carbons (Fsp3) is 0.593. The lowest BCUT2D eigenvalue weighted by Gasteiger charge is -2.36. The predicted molar refractivity (Wildman–Crippen MR) is 134 cm³/mol. The molecule has 36 heavy (non-hydrogen) atoms. The molecule has 1 aromatic carbocycles. The van der Waals surface area contributed by atoms with Crippen LogP contribution in [0.1, 0.15) is 60.2 Å². The van der Waals surface area contributed by atoms with Gasteiger partial charge in [0, 0.05) is 56.3 Å². The monoisotopic (exact) mass is 503 g/mol. The predicted octanol–water partition coefficient (Wildman–Crippen LogP) is 4.60. The van der Waals surface area contributed by atoms with Gasteiger partial charge >= 0.3 is 6.18 Å². The molecule has 2 heterocycles. The molecule has 2 unspecified atom stereocenters. The van der Waals surface area contributed by atoms with Crippen molar-refractivity contribution in [3.05, 3.63) is 52.5 Å². The van der Waals surface area contributed by atoms with Crippen molar-refractivity contribution in [2.45, 2.75) is 52.6 Å². The molecule has 9 heteroatoms. The van der Waals surface area contributed by atoms with Crippen molar-refractivity contribution >= 4 is 11.7 Å². The molecule has 4 rings (SSSR count). The number of hydrogen-bond donors (Lipinski definition) is 1. The highest BCUT2D eigenvalue weighted by Crippen LogP contribution is 2.39. The molecule has 1 N–H and O–H groups in total. The third-order valence-electron chi connectivity index (χ3n) is 7.31. The second kappa shape index (κ2) is 10.00. The number of carbonyl (C=O) groups excluding carboxylic acids is 1. The Bertz CT molecular complexity index is 1070. The summed E-state index contributed by atoms with van der Waals surface area (Å²) in [5, 5.41) is 3.09. The second-order valence-corrected chi connectivity index (χ2v) is 11.2. The highest BCUT2D eigenvalue weighted by Gasteiger charge is 2.39. The Kier molecular flexibility index (Phi) is 7.33. The minimum atomic E-state index is -4.51. The van der Waals surface area contributed by atoms with Crippen molar-refractivity contribution in [3.63, 3.8) is 0 Å². The molecular formula is C27H36F3N5O. The van der Waals surface area contributed by atoms with Crippen molar-refractivity contribution in [1.82, 2.24) is 20.2 Å². The number of halogens is 3. The normalized spacial score (nSPS) is 20.9. The largest absolute Gasteiger partial charge is 0.433 e. The molecule has 1 saturated carbocycles. The van der Waals surface area contributed by atoms with Crippen molar-refractivity contribution in [3.8, 4) is 0 Å². The summed E-state index contributed by atoms with van der Waals surface area (Å²) in [6.45, 7) is 13.9. The third-order valence-corrected chi connectivity index (χ3v) is 7.31. The second-order valence-electron chi connectivity index (χ2n) is 11.2. The molecule has 6 nitrogen and oxygen atoms in total. The van der Waals surface area contributed by atoms with Gasteiger partial charge in [-0.05, 0) is 49.3 Å². The number of hydrogen-bond acceptors (Lipinski definition) is 5. The van der Waals surface area contributed by atoms with E-state index in [1.807, 2.05) is 57.7 Å². The summed E-state index contributed by atoms with van der Waals surface area (Å²) < 4.78 is 40.4. The number of carbonyl (C=O) groups is 1. The van der Waals surface area contributed by atoms with Gasteiger partial charge in [0.2, 0.25) is 0 Å². The summed E-state index contributed by atoms with van der Waals surface area (Å²) in [6.07, 6.45) is -3.42. The van der Waals surface area contributed by atoms with E-state index < -0.39 is 17.3 Å². The van der Waals surface area contributed by atoms with Crippen LogP contribution in [0.4, 0.5) is 19.0 Å². The number of amides is 1. The molecular weight excluding hydrogens is 467 g/mol. The first-order valence-electron chi connectivity index (χ1n) is 12.6. The smallest absolute Gasteiger partial charge is 0.354 e. The van der Waals surface area contributed by atoms with E-state index in [1.54, 1.807) is 0 Å². The Morgan fingerprint density at radius 2 is 1.75 bits per heavy atom. The molecule has 2 atom stereocenters. The number of anilines is 1. The molecule has 1 aliphatic carbocycles. The van der Waals surface area contributed by atoms with E-state index in [0.29, 0.717) is 37.3 Å². The molecule has 1 saturated heterocycles. The van der Waals surface area contributed by atoms with E-state index in [9.17, 15) is 18.0 Å². The zero-order chi connectivity index (χ0) is 26.3. The van der Waals surface area contributed by atoms with Gasteiger partial charge in [-0.1, -0.05) is 32.9 Å². The van der Waals surface area contributed by atoms with E-state index in [2.05, 4.69) is 20.2 Å². The van der Waals surface area contributed by atoms with E-state index >= 15 is 0 Å². The fourth-order valence-corrected chi connectivity index (χ4v) is 4.67. The van der Waals surface area contributed by atoms with Crippen LogP contribution in [0, 0.1) is 25.7 Å².